The van der Waals surface area contributed by atoms with Crippen molar-refractivity contribution in [3.05, 3.63) is 28.3 Å². The lowest BCUT2D eigenvalue weighted by Crippen LogP contribution is -2.05. The molecule has 0 amide bonds. The largest absolute Gasteiger partial charge is 0.476 e. The maximum Gasteiger partial charge on any atom is 0.357 e. The van der Waals surface area contributed by atoms with Gasteiger partial charge < -0.3 is 5.11 Å². The summed E-state index contributed by atoms with van der Waals surface area (Å²) >= 11 is 5.43. The number of carboxylic acids is 1. The first kappa shape index (κ1) is 8.93. The number of aromatic nitrogens is 1. The standard InChI is InChI=1S/C7H5ClFNO2/c1-3-2-4(8)10-6(5(3)9)7(11)12/h2H,1H3,(H,11,12). The van der Waals surface area contributed by atoms with E-state index in [2.05, 4.69) is 4.98 Å². The zero-order valence-electron chi connectivity index (χ0n) is 6.14. The normalized spacial score (nSPS) is 9.92. The van der Waals surface area contributed by atoms with Gasteiger partial charge in [-0.1, -0.05) is 11.6 Å². The van der Waals surface area contributed by atoms with Crippen LogP contribution in [0.5, 0.6) is 0 Å². The summed E-state index contributed by atoms with van der Waals surface area (Å²) in [6.07, 6.45) is 0. The number of hydrogen-bond donors (Lipinski definition) is 1. The summed E-state index contributed by atoms with van der Waals surface area (Å²) in [5.74, 6) is -2.26. The zero-order chi connectivity index (χ0) is 9.30. The lowest BCUT2D eigenvalue weighted by molar-refractivity contribution is 0.0684. The summed E-state index contributed by atoms with van der Waals surface area (Å²) < 4.78 is 12.9. The number of rotatable bonds is 1. The third kappa shape index (κ3) is 1.53. The van der Waals surface area contributed by atoms with Crippen LogP contribution in [0.3, 0.4) is 0 Å². The highest BCUT2D eigenvalue weighted by atomic mass is 35.5. The lowest BCUT2D eigenvalue weighted by Gasteiger charge is -2.00. The second kappa shape index (κ2) is 3.06. The van der Waals surface area contributed by atoms with E-state index >= 15 is 0 Å². The summed E-state index contributed by atoms with van der Waals surface area (Å²) in [6, 6.07) is 1.27. The van der Waals surface area contributed by atoms with Crippen molar-refractivity contribution in [1.82, 2.24) is 4.98 Å². The van der Waals surface area contributed by atoms with E-state index in [0.29, 0.717) is 0 Å². The second-order valence-electron chi connectivity index (χ2n) is 2.23. The van der Waals surface area contributed by atoms with Gasteiger partial charge in [0.25, 0.3) is 0 Å². The fraction of sp³-hybridized carbons (Fsp3) is 0.143. The molecule has 3 nitrogen and oxygen atoms in total. The van der Waals surface area contributed by atoms with E-state index in [1.165, 1.54) is 13.0 Å². The highest BCUT2D eigenvalue weighted by Gasteiger charge is 2.14. The molecule has 1 aromatic rings. The van der Waals surface area contributed by atoms with E-state index in [1.807, 2.05) is 0 Å². The minimum absolute atomic E-state index is 0.0219. The molecule has 12 heavy (non-hydrogen) atoms. The topological polar surface area (TPSA) is 50.2 Å². The Morgan fingerprint density at radius 1 is 1.75 bits per heavy atom. The summed E-state index contributed by atoms with van der Waals surface area (Å²) in [4.78, 5) is 13.7. The molecule has 0 bridgehead atoms. The molecule has 0 saturated carbocycles. The number of nitrogens with zero attached hydrogens (tertiary/aromatic N) is 1. The Labute approximate surface area is 72.8 Å². The highest BCUT2D eigenvalue weighted by molar-refractivity contribution is 6.29. The van der Waals surface area contributed by atoms with Crippen molar-refractivity contribution in [3.8, 4) is 0 Å². The predicted molar refractivity (Wildman–Crippen MR) is 40.9 cm³/mol. The summed E-state index contributed by atoms with van der Waals surface area (Å²) in [7, 11) is 0. The summed E-state index contributed by atoms with van der Waals surface area (Å²) in [5.41, 5.74) is -0.465. The average Bonchev–Trinajstić information content (AvgIpc) is 1.96. The van der Waals surface area contributed by atoms with E-state index in [0.717, 1.165) is 0 Å². The first-order valence-electron chi connectivity index (χ1n) is 3.08. The molecule has 1 rings (SSSR count). The van der Waals surface area contributed by atoms with Crippen molar-refractivity contribution >= 4 is 17.6 Å². The maximum atomic E-state index is 12.9. The molecule has 0 spiro atoms. The molecule has 0 aliphatic carbocycles. The fourth-order valence-electron chi connectivity index (χ4n) is 0.759. The van der Waals surface area contributed by atoms with Crippen molar-refractivity contribution in [1.29, 1.82) is 0 Å². The molecule has 0 saturated heterocycles. The van der Waals surface area contributed by atoms with Crippen LogP contribution in [0, 0.1) is 12.7 Å². The van der Waals surface area contributed by atoms with Crippen LogP contribution >= 0.6 is 11.6 Å². The number of aromatic carboxylic acids is 1. The van der Waals surface area contributed by atoms with E-state index in [4.69, 9.17) is 16.7 Å². The van der Waals surface area contributed by atoms with Crippen LogP contribution in [0.15, 0.2) is 6.07 Å². The van der Waals surface area contributed by atoms with Gasteiger partial charge in [-0.05, 0) is 18.6 Å². The highest BCUT2D eigenvalue weighted by Crippen LogP contribution is 2.14. The van der Waals surface area contributed by atoms with Crippen molar-refractivity contribution in [2.75, 3.05) is 0 Å². The average molecular weight is 190 g/mol. The Balaban J connectivity index is 3.37. The van der Waals surface area contributed by atoms with Crippen LogP contribution in [0.1, 0.15) is 16.1 Å². The number of pyridine rings is 1. The van der Waals surface area contributed by atoms with Gasteiger partial charge in [-0.2, -0.15) is 0 Å². The minimum atomic E-state index is -1.42. The van der Waals surface area contributed by atoms with Gasteiger partial charge in [-0.25, -0.2) is 14.2 Å². The van der Waals surface area contributed by atoms with Crippen molar-refractivity contribution in [2.45, 2.75) is 6.92 Å². The first-order valence-corrected chi connectivity index (χ1v) is 3.46. The summed E-state index contributed by atoms with van der Waals surface area (Å²) in [5, 5.41) is 8.43. The molecule has 0 fully saturated rings. The molecule has 5 heteroatoms. The molecule has 1 heterocycles. The van der Waals surface area contributed by atoms with Crippen molar-refractivity contribution in [3.63, 3.8) is 0 Å². The van der Waals surface area contributed by atoms with Crippen LogP contribution in [0.4, 0.5) is 4.39 Å². The number of halogens is 2. The molecule has 0 aliphatic rings. The molecule has 1 N–H and O–H groups in total. The van der Waals surface area contributed by atoms with E-state index in [-0.39, 0.29) is 10.7 Å². The number of hydrogen-bond acceptors (Lipinski definition) is 2. The molecule has 1 aromatic heterocycles. The van der Waals surface area contributed by atoms with Crippen LogP contribution in [-0.4, -0.2) is 16.1 Å². The fourth-order valence-corrected chi connectivity index (χ4v) is 1.01. The van der Waals surface area contributed by atoms with Gasteiger partial charge in [-0.15, -0.1) is 0 Å². The van der Waals surface area contributed by atoms with E-state index < -0.39 is 17.5 Å². The summed E-state index contributed by atoms with van der Waals surface area (Å²) in [6.45, 7) is 1.43. The van der Waals surface area contributed by atoms with Gasteiger partial charge in [-0.3, -0.25) is 0 Å². The van der Waals surface area contributed by atoms with Crippen LogP contribution in [0.2, 0.25) is 5.15 Å². The minimum Gasteiger partial charge on any atom is -0.476 e. The number of carbonyl (C=O) groups is 1. The van der Waals surface area contributed by atoms with E-state index in [1.54, 1.807) is 0 Å². The van der Waals surface area contributed by atoms with Gasteiger partial charge in [0.2, 0.25) is 0 Å². The van der Waals surface area contributed by atoms with Gasteiger partial charge in [0.1, 0.15) is 5.15 Å². The molecule has 0 atom stereocenters. The molecular formula is C7H5ClFNO2. The molecule has 0 unspecified atom stereocenters. The van der Waals surface area contributed by atoms with Crippen LogP contribution in [-0.2, 0) is 0 Å². The van der Waals surface area contributed by atoms with Crippen LogP contribution in [0.25, 0.3) is 0 Å². The number of aryl methyl sites for hydroxylation is 1. The smallest absolute Gasteiger partial charge is 0.357 e. The van der Waals surface area contributed by atoms with E-state index in [9.17, 15) is 9.18 Å². The maximum absolute atomic E-state index is 12.9. The quantitative estimate of drug-likeness (QED) is 0.687. The van der Waals surface area contributed by atoms with Gasteiger partial charge >= 0.3 is 5.97 Å². The Bertz CT molecular complexity index is 340. The Hall–Kier alpha value is -1.16. The zero-order valence-corrected chi connectivity index (χ0v) is 6.89. The third-order valence-electron chi connectivity index (χ3n) is 1.31. The number of carboxylic acid groups (broad SMARTS) is 1. The molecule has 0 aromatic carbocycles. The van der Waals surface area contributed by atoms with Crippen molar-refractivity contribution in [2.24, 2.45) is 0 Å². The molecule has 64 valence electrons. The lowest BCUT2D eigenvalue weighted by atomic mass is 10.2. The Morgan fingerprint density at radius 3 is 2.83 bits per heavy atom. The monoisotopic (exact) mass is 189 g/mol. The third-order valence-corrected chi connectivity index (χ3v) is 1.50. The predicted octanol–water partition coefficient (Wildman–Crippen LogP) is 1.88. The van der Waals surface area contributed by atoms with Gasteiger partial charge in [0, 0.05) is 0 Å². The molecule has 0 aliphatic heterocycles. The van der Waals surface area contributed by atoms with Crippen LogP contribution < -0.4 is 0 Å². The second-order valence-corrected chi connectivity index (χ2v) is 2.62. The van der Waals surface area contributed by atoms with Gasteiger partial charge in [0.15, 0.2) is 11.5 Å². The SMILES string of the molecule is Cc1cc(Cl)nc(C(=O)O)c1F. The van der Waals surface area contributed by atoms with Gasteiger partial charge in [0.05, 0.1) is 0 Å². The van der Waals surface area contributed by atoms with Crippen molar-refractivity contribution < 1.29 is 14.3 Å². The molecular weight excluding hydrogens is 185 g/mol. The Morgan fingerprint density at radius 2 is 2.33 bits per heavy atom. The molecule has 0 radical (unpaired) electrons. The first-order chi connectivity index (χ1) is 5.52. The Kier molecular flexibility index (Phi) is 2.28.